The number of carbonyl (C=O) groups is 2. The van der Waals surface area contributed by atoms with E-state index >= 15 is 0 Å². The van der Waals surface area contributed by atoms with Crippen LogP contribution in [0.1, 0.15) is 36.2 Å². The Bertz CT molecular complexity index is 794. The molecule has 2 amide bonds. The van der Waals surface area contributed by atoms with Gasteiger partial charge in [-0.1, -0.05) is 44.2 Å². The van der Waals surface area contributed by atoms with Crippen LogP contribution in [-0.2, 0) is 11.2 Å². The molecule has 5 nitrogen and oxygen atoms in total. The Morgan fingerprint density at radius 1 is 1.11 bits per heavy atom. The molecule has 28 heavy (non-hydrogen) atoms. The second-order valence-electron chi connectivity index (χ2n) is 7.16. The molecule has 0 aliphatic carbocycles. The van der Waals surface area contributed by atoms with E-state index in [1.807, 2.05) is 44.2 Å². The molecule has 0 aliphatic heterocycles. The van der Waals surface area contributed by atoms with Crippen LogP contribution in [0.4, 0.5) is 10.1 Å². The van der Waals surface area contributed by atoms with Crippen molar-refractivity contribution in [1.82, 2.24) is 4.90 Å². The van der Waals surface area contributed by atoms with Crippen LogP contribution in [0.15, 0.2) is 48.5 Å². The molecule has 0 saturated heterocycles. The van der Waals surface area contributed by atoms with E-state index in [-0.39, 0.29) is 29.0 Å². The Morgan fingerprint density at radius 3 is 2.43 bits per heavy atom. The smallest absolute Gasteiger partial charge is 0.254 e. The van der Waals surface area contributed by atoms with Gasteiger partial charge in [0.05, 0.1) is 5.69 Å². The van der Waals surface area contributed by atoms with Gasteiger partial charge in [-0.05, 0) is 36.1 Å². The third-order valence-corrected chi connectivity index (χ3v) is 4.28. The lowest BCUT2D eigenvalue weighted by Gasteiger charge is -2.22. The molecule has 0 aromatic heterocycles. The molecule has 0 unspecified atom stereocenters. The van der Waals surface area contributed by atoms with Crippen LogP contribution in [0.25, 0.3) is 0 Å². The van der Waals surface area contributed by atoms with Crippen LogP contribution < -0.4 is 11.1 Å². The maximum Gasteiger partial charge on any atom is 0.254 e. The van der Waals surface area contributed by atoms with Crippen molar-refractivity contribution < 1.29 is 14.0 Å². The van der Waals surface area contributed by atoms with E-state index in [0.29, 0.717) is 32.5 Å². The molecule has 0 saturated carbocycles. The van der Waals surface area contributed by atoms with Crippen molar-refractivity contribution in [3.8, 4) is 0 Å². The van der Waals surface area contributed by atoms with E-state index in [1.54, 1.807) is 4.90 Å². The second kappa shape index (κ2) is 10.6. The van der Waals surface area contributed by atoms with Crippen LogP contribution in [0, 0.1) is 11.7 Å². The average molecular weight is 385 g/mol. The van der Waals surface area contributed by atoms with E-state index in [1.165, 1.54) is 18.2 Å². The van der Waals surface area contributed by atoms with Gasteiger partial charge < -0.3 is 16.0 Å². The Balaban J connectivity index is 2.07. The summed E-state index contributed by atoms with van der Waals surface area (Å²) in [5.74, 6) is -0.974. The van der Waals surface area contributed by atoms with E-state index in [2.05, 4.69) is 5.32 Å². The van der Waals surface area contributed by atoms with Gasteiger partial charge in [0, 0.05) is 31.6 Å². The van der Waals surface area contributed by atoms with Gasteiger partial charge in [-0.3, -0.25) is 9.59 Å². The topological polar surface area (TPSA) is 75.4 Å². The zero-order valence-corrected chi connectivity index (χ0v) is 16.5. The van der Waals surface area contributed by atoms with Crippen LogP contribution in [0.3, 0.4) is 0 Å². The van der Waals surface area contributed by atoms with Crippen molar-refractivity contribution >= 4 is 17.5 Å². The number of nitrogens with two attached hydrogens (primary N) is 1. The first-order chi connectivity index (χ1) is 13.4. The standard InChI is InChI=1S/C22H28FN3O2/c1-16(2)14-21(27)25-20-9-8-18(15-19(20)23)22(28)26(13-11-24)12-10-17-6-4-3-5-7-17/h3-9,15-16H,10-14,24H2,1-2H3,(H,25,27). The number of rotatable bonds is 9. The summed E-state index contributed by atoms with van der Waals surface area (Å²) < 4.78 is 14.4. The van der Waals surface area contributed by atoms with Gasteiger partial charge >= 0.3 is 0 Å². The fraction of sp³-hybridized carbons (Fsp3) is 0.364. The monoisotopic (exact) mass is 385 g/mol. The summed E-state index contributed by atoms with van der Waals surface area (Å²) in [6, 6.07) is 14.0. The third-order valence-electron chi connectivity index (χ3n) is 4.28. The number of hydrogen-bond donors (Lipinski definition) is 2. The summed E-state index contributed by atoms with van der Waals surface area (Å²) in [6.07, 6.45) is 1.00. The molecule has 0 fully saturated rings. The molecule has 2 aromatic rings. The van der Waals surface area contributed by atoms with Crippen molar-refractivity contribution in [3.63, 3.8) is 0 Å². The van der Waals surface area contributed by atoms with Crippen molar-refractivity contribution in [1.29, 1.82) is 0 Å². The largest absolute Gasteiger partial charge is 0.337 e. The predicted molar refractivity (Wildman–Crippen MR) is 110 cm³/mol. The number of carbonyl (C=O) groups excluding carboxylic acids is 2. The first-order valence-corrected chi connectivity index (χ1v) is 9.53. The molecular formula is C22H28FN3O2. The SMILES string of the molecule is CC(C)CC(=O)Nc1ccc(C(=O)N(CCN)CCc2ccccc2)cc1F. The molecular weight excluding hydrogens is 357 g/mol. The van der Waals surface area contributed by atoms with Crippen LogP contribution in [0.2, 0.25) is 0 Å². The lowest BCUT2D eigenvalue weighted by molar-refractivity contribution is -0.116. The molecule has 0 radical (unpaired) electrons. The Kier molecular flexibility index (Phi) is 8.14. The van der Waals surface area contributed by atoms with E-state index in [0.717, 1.165) is 5.56 Å². The number of nitrogens with zero attached hydrogens (tertiary/aromatic N) is 1. The van der Waals surface area contributed by atoms with Crippen molar-refractivity contribution in [2.24, 2.45) is 11.7 Å². The average Bonchev–Trinajstić information content (AvgIpc) is 2.66. The van der Waals surface area contributed by atoms with Gasteiger partial charge in [-0.2, -0.15) is 0 Å². The Hall–Kier alpha value is -2.73. The number of hydrogen-bond acceptors (Lipinski definition) is 3. The van der Waals surface area contributed by atoms with Crippen molar-refractivity contribution in [2.45, 2.75) is 26.7 Å². The van der Waals surface area contributed by atoms with Gasteiger partial charge in [-0.25, -0.2) is 4.39 Å². The first kappa shape index (κ1) is 21.6. The summed E-state index contributed by atoms with van der Waals surface area (Å²) in [5, 5.41) is 2.55. The van der Waals surface area contributed by atoms with Crippen molar-refractivity contribution in [2.75, 3.05) is 25.0 Å². The maximum atomic E-state index is 14.4. The quantitative estimate of drug-likeness (QED) is 0.694. The van der Waals surface area contributed by atoms with Gasteiger partial charge in [0.15, 0.2) is 0 Å². The Morgan fingerprint density at radius 2 is 1.82 bits per heavy atom. The van der Waals surface area contributed by atoms with Crippen LogP contribution >= 0.6 is 0 Å². The lowest BCUT2D eigenvalue weighted by atomic mass is 10.1. The molecule has 0 atom stereocenters. The summed E-state index contributed by atoms with van der Waals surface area (Å²) >= 11 is 0. The zero-order chi connectivity index (χ0) is 20.5. The number of amides is 2. The molecule has 0 aliphatic rings. The van der Waals surface area contributed by atoms with Crippen LogP contribution in [0.5, 0.6) is 0 Å². The van der Waals surface area contributed by atoms with E-state index in [9.17, 15) is 14.0 Å². The number of anilines is 1. The third kappa shape index (κ3) is 6.46. The summed E-state index contributed by atoms with van der Waals surface area (Å²) in [5.41, 5.74) is 7.08. The highest BCUT2D eigenvalue weighted by atomic mass is 19.1. The predicted octanol–water partition coefficient (Wildman–Crippen LogP) is 3.45. The lowest BCUT2D eigenvalue weighted by Crippen LogP contribution is -2.37. The molecule has 150 valence electrons. The maximum absolute atomic E-state index is 14.4. The van der Waals surface area contributed by atoms with Gasteiger partial charge in [0.2, 0.25) is 5.91 Å². The summed E-state index contributed by atoms with van der Waals surface area (Å²) in [6.45, 7) is 5.04. The second-order valence-corrected chi connectivity index (χ2v) is 7.16. The fourth-order valence-electron chi connectivity index (χ4n) is 2.88. The highest BCUT2D eigenvalue weighted by Gasteiger charge is 2.17. The molecule has 2 aromatic carbocycles. The van der Waals surface area contributed by atoms with E-state index in [4.69, 9.17) is 5.73 Å². The molecule has 0 bridgehead atoms. The Labute approximate surface area is 165 Å². The molecule has 6 heteroatoms. The van der Waals surface area contributed by atoms with Gasteiger partial charge in [0.1, 0.15) is 5.82 Å². The minimum Gasteiger partial charge on any atom is -0.337 e. The van der Waals surface area contributed by atoms with Crippen LogP contribution in [-0.4, -0.2) is 36.3 Å². The first-order valence-electron chi connectivity index (χ1n) is 9.53. The highest BCUT2D eigenvalue weighted by Crippen LogP contribution is 2.18. The number of nitrogens with one attached hydrogen (secondary N) is 1. The van der Waals surface area contributed by atoms with Gasteiger partial charge in [-0.15, -0.1) is 0 Å². The fourth-order valence-corrected chi connectivity index (χ4v) is 2.88. The summed E-state index contributed by atoms with van der Waals surface area (Å²) in [7, 11) is 0. The minimum atomic E-state index is -0.626. The minimum absolute atomic E-state index is 0.0804. The normalized spacial score (nSPS) is 10.8. The molecule has 0 spiro atoms. The van der Waals surface area contributed by atoms with Crippen molar-refractivity contribution in [3.05, 3.63) is 65.5 Å². The number of benzene rings is 2. The highest BCUT2D eigenvalue weighted by molar-refractivity contribution is 5.96. The molecule has 3 N–H and O–H groups in total. The molecule has 2 rings (SSSR count). The van der Waals surface area contributed by atoms with Gasteiger partial charge in [0.25, 0.3) is 5.91 Å². The zero-order valence-electron chi connectivity index (χ0n) is 16.5. The van der Waals surface area contributed by atoms with E-state index < -0.39 is 5.82 Å². The molecule has 0 heterocycles. The number of halogens is 1. The summed E-state index contributed by atoms with van der Waals surface area (Å²) in [4.78, 5) is 26.3.